The molecule has 0 bridgehead atoms. The van der Waals surface area contributed by atoms with Crippen LogP contribution >= 0.6 is 0 Å². The first-order valence-electron chi connectivity index (χ1n) is 7.05. The van der Waals surface area contributed by atoms with Crippen LogP contribution in [0.1, 0.15) is 42.5 Å². The van der Waals surface area contributed by atoms with Crippen LogP contribution < -0.4 is 0 Å². The SMILES string of the molecule is CCN1C(=O)CCC(C(=O)O)C1c1cc(C)ccc1C. The zero-order chi connectivity index (χ0) is 14.9. The van der Waals surface area contributed by atoms with Gasteiger partial charge < -0.3 is 10.0 Å². The first-order valence-corrected chi connectivity index (χ1v) is 7.05. The molecule has 108 valence electrons. The summed E-state index contributed by atoms with van der Waals surface area (Å²) < 4.78 is 0. The maximum atomic E-state index is 12.1. The smallest absolute Gasteiger partial charge is 0.308 e. The van der Waals surface area contributed by atoms with E-state index in [9.17, 15) is 14.7 Å². The molecule has 2 unspecified atom stereocenters. The number of aliphatic carboxylic acids is 1. The standard InChI is InChI=1S/C16H21NO3/c1-4-17-14(18)8-7-12(16(19)20)15(17)13-9-10(2)5-6-11(13)3/h5-6,9,12,15H,4,7-8H2,1-3H3,(H,19,20). The number of benzene rings is 1. The first kappa shape index (κ1) is 14.6. The fourth-order valence-corrected chi connectivity index (χ4v) is 3.05. The van der Waals surface area contributed by atoms with Crippen molar-refractivity contribution < 1.29 is 14.7 Å². The lowest BCUT2D eigenvalue weighted by molar-refractivity contribution is -0.151. The number of amides is 1. The van der Waals surface area contributed by atoms with Crippen LogP contribution in [-0.2, 0) is 9.59 Å². The molecule has 2 atom stereocenters. The zero-order valence-corrected chi connectivity index (χ0v) is 12.2. The zero-order valence-electron chi connectivity index (χ0n) is 12.2. The van der Waals surface area contributed by atoms with Crippen LogP contribution in [0, 0.1) is 19.8 Å². The summed E-state index contributed by atoms with van der Waals surface area (Å²) in [4.78, 5) is 25.4. The lowest BCUT2D eigenvalue weighted by Crippen LogP contribution is -2.45. The van der Waals surface area contributed by atoms with E-state index in [1.165, 1.54) is 0 Å². The number of carboxylic acid groups (broad SMARTS) is 1. The minimum Gasteiger partial charge on any atom is -0.481 e. The Hall–Kier alpha value is -1.84. The van der Waals surface area contributed by atoms with Crippen molar-refractivity contribution in [3.8, 4) is 0 Å². The van der Waals surface area contributed by atoms with Crippen molar-refractivity contribution >= 4 is 11.9 Å². The molecule has 1 aromatic carbocycles. The van der Waals surface area contributed by atoms with Crippen LogP contribution in [0.2, 0.25) is 0 Å². The fraction of sp³-hybridized carbons (Fsp3) is 0.500. The van der Waals surface area contributed by atoms with Crippen LogP contribution in [0.15, 0.2) is 18.2 Å². The number of carboxylic acids is 1. The molecule has 20 heavy (non-hydrogen) atoms. The monoisotopic (exact) mass is 275 g/mol. The topological polar surface area (TPSA) is 57.6 Å². The number of aryl methyl sites for hydroxylation is 2. The summed E-state index contributed by atoms with van der Waals surface area (Å²) >= 11 is 0. The van der Waals surface area contributed by atoms with Crippen LogP contribution in [0.4, 0.5) is 0 Å². The minimum absolute atomic E-state index is 0.0518. The Morgan fingerprint density at radius 2 is 2.10 bits per heavy atom. The third-order valence-electron chi connectivity index (χ3n) is 4.12. The molecule has 4 nitrogen and oxygen atoms in total. The second-order valence-electron chi connectivity index (χ2n) is 5.47. The highest BCUT2D eigenvalue weighted by Gasteiger charge is 2.40. The molecule has 0 radical (unpaired) electrons. The lowest BCUT2D eigenvalue weighted by Gasteiger charge is -2.40. The van der Waals surface area contributed by atoms with E-state index in [2.05, 4.69) is 0 Å². The van der Waals surface area contributed by atoms with Crippen LogP contribution in [-0.4, -0.2) is 28.4 Å². The van der Waals surface area contributed by atoms with Gasteiger partial charge in [0.2, 0.25) is 5.91 Å². The van der Waals surface area contributed by atoms with Crippen molar-refractivity contribution in [2.24, 2.45) is 5.92 Å². The summed E-state index contributed by atoms with van der Waals surface area (Å²) in [6.07, 6.45) is 0.745. The average molecular weight is 275 g/mol. The van der Waals surface area contributed by atoms with Gasteiger partial charge in [-0.25, -0.2) is 0 Å². The van der Waals surface area contributed by atoms with Gasteiger partial charge in [-0.3, -0.25) is 9.59 Å². The van der Waals surface area contributed by atoms with Gasteiger partial charge in [0.1, 0.15) is 0 Å². The normalized spacial score (nSPS) is 22.9. The molecule has 1 heterocycles. The van der Waals surface area contributed by atoms with Crippen molar-refractivity contribution in [1.82, 2.24) is 4.90 Å². The largest absolute Gasteiger partial charge is 0.481 e. The summed E-state index contributed by atoms with van der Waals surface area (Å²) in [7, 11) is 0. The third kappa shape index (κ3) is 2.55. The Morgan fingerprint density at radius 3 is 2.70 bits per heavy atom. The average Bonchev–Trinajstić information content (AvgIpc) is 2.40. The Kier molecular flexibility index (Phi) is 4.12. The van der Waals surface area contributed by atoms with E-state index in [0.717, 1.165) is 16.7 Å². The maximum Gasteiger partial charge on any atom is 0.308 e. The molecule has 1 fully saturated rings. The van der Waals surface area contributed by atoms with E-state index in [1.807, 2.05) is 39.0 Å². The van der Waals surface area contributed by atoms with Gasteiger partial charge in [-0.2, -0.15) is 0 Å². The summed E-state index contributed by atoms with van der Waals surface area (Å²) in [6.45, 7) is 6.40. The number of carbonyl (C=O) groups excluding carboxylic acids is 1. The van der Waals surface area contributed by atoms with E-state index in [-0.39, 0.29) is 11.9 Å². The van der Waals surface area contributed by atoms with Gasteiger partial charge >= 0.3 is 5.97 Å². The Labute approximate surface area is 119 Å². The summed E-state index contributed by atoms with van der Waals surface area (Å²) in [6, 6.07) is 5.67. The molecular formula is C16H21NO3. The molecule has 1 aromatic rings. The Balaban J connectivity index is 2.52. The third-order valence-corrected chi connectivity index (χ3v) is 4.12. The summed E-state index contributed by atoms with van der Waals surface area (Å²) in [5.41, 5.74) is 3.09. The molecule has 0 spiro atoms. The highest BCUT2D eigenvalue weighted by molar-refractivity contribution is 5.82. The van der Waals surface area contributed by atoms with Gasteiger partial charge in [0.15, 0.2) is 0 Å². The second-order valence-corrected chi connectivity index (χ2v) is 5.47. The molecule has 1 aliphatic rings. The molecule has 0 saturated carbocycles. The number of hydrogen-bond acceptors (Lipinski definition) is 2. The number of hydrogen-bond donors (Lipinski definition) is 1. The van der Waals surface area contributed by atoms with Gasteiger partial charge in [-0.15, -0.1) is 0 Å². The highest BCUT2D eigenvalue weighted by Crippen LogP contribution is 2.38. The second kappa shape index (κ2) is 5.65. The van der Waals surface area contributed by atoms with Crippen molar-refractivity contribution in [3.05, 3.63) is 34.9 Å². The molecule has 2 rings (SSSR count). The number of rotatable bonds is 3. The molecule has 1 aliphatic heterocycles. The van der Waals surface area contributed by atoms with Gasteiger partial charge in [0.05, 0.1) is 12.0 Å². The predicted octanol–water partition coefficient (Wildman–Crippen LogP) is 2.69. The van der Waals surface area contributed by atoms with Crippen molar-refractivity contribution in [1.29, 1.82) is 0 Å². The van der Waals surface area contributed by atoms with E-state index < -0.39 is 11.9 Å². The van der Waals surface area contributed by atoms with E-state index in [4.69, 9.17) is 0 Å². The van der Waals surface area contributed by atoms with Gasteiger partial charge in [-0.05, 0) is 38.3 Å². The van der Waals surface area contributed by atoms with E-state index in [1.54, 1.807) is 4.90 Å². The molecule has 0 aliphatic carbocycles. The number of likely N-dealkylation sites (tertiary alicyclic amines) is 1. The molecule has 1 saturated heterocycles. The molecular weight excluding hydrogens is 254 g/mol. The predicted molar refractivity (Wildman–Crippen MR) is 76.4 cm³/mol. The van der Waals surface area contributed by atoms with Crippen molar-refractivity contribution in [3.63, 3.8) is 0 Å². The minimum atomic E-state index is -0.818. The highest BCUT2D eigenvalue weighted by atomic mass is 16.4. The Morgan fingerprint density at radius 1 is 1.40 bits per heavy atom. The van der Waals surface area contributed by atoms with Crippen LogP contribution in [0.25, 0.3) is 0 Å². The van der Waals surface area contributed by atoms with Crippen LogP contribution in [0.5, 0.6) is 0 Å². The number of piperidine rings is 1. The summed E-state index contributed by atoms with van der Waals surface area (Å²) in [5.74, 6) is -1.29. The molecule has 1 amide bonds. The fourth-order valence-electron chi connectivity index (χ4n) is 3.05. The van der Waals surface area contributed by atoms with E-state index >= 15 is 0 Å². The Bertz CT molecular complexity index is 537. The van der Waals surface area contributed by atoms with E-state index in [0.29, 0.717) is 19.4 Å². The molecule has 1 N–H and O–H groups in total. The maximum absolute atomic E-state index is 12.1. The molecule has 4 heteroatoms. The van der Waals surface area contributed by atoms with Gasteiger partial charge in [0.25, 0.3) is 0 Å². The van der Waals surface area contributed by atoms with Crippen molar-refractivity contribution in [2.75, 3.05) is 6.54 Å². The van der Waals surface area contributed by atoms with Crippen LogP contribution in [0.3, 0.4) is 0 Å². The molecule has 0 aromatic heterocycles. The lowest BCUT2D eigenvalue weighted by atomic mass is 9.82. The first-order chi connectivity index (χ1) is 9.45. The number of nitrogens with zero attached hydrogens (tertiary/aromatic N) is 1. The summed E-state index contributed by atoms with van der Waals surface area (Å²) in [5, 5.41) is 9.49. The van der Waals surface area contributed by atoms with Gasteiger partial charge in [-0.1, -0.05) is 23.8 Å². The van der Waals surface area contributed by atoms with Gasteiger partial charge in [0, 0.05) is 13.0 Å². The quantitative estimate of drug-likeness (QED) is 0.922. The number of carbonyl (C=O) groups is 2. The van der Waals surface area contributed by atoms with Crippen molar-refractivity contribution in [2.45, 2.75) is 39.7 Å².